The summed E-state index contributed by atoms with van der Waals surface area (Å²) in [6.45, 7) is 6.20. The average molecular weight is 588 g/mol. The maximum absolute atomic E-state index is 13.7. The van der Waals surface area contributed by atoms with Gasteiger partial charge in [-0.2, -0.15) is 0 Å². The molecule has 0 bridgehead atoms. The second kappa shape index (κ2) is 13.3. The summed E-state index contributed by atoms with van der Waals surface area (Å²) in [4.78, 5) is 30.0. The molecule has 3 aromatic rings. The fraction of sp³-hybridized carbons (Fsp3) is 0.310. The summed E-state index contributed by atoms with van der Waals surface area (Å²) >= 11 is 11.1. The van der Waals surface area contributed by atoms with Gasteiger partial charge in [0.2, 0.25) is 11.8 Å². The van der Waals surface area contributed by atoms with Gasteiger partial charge in [0.25, 0.3) is 0 Å². The maximum atomic E-state index is 13.7. The lowest BCUT2D eigenvalue weighted by atomic mass is 10.0. The van der Waals surface area contributed by atoms with Crippen LogP contribution < -0.4 is 5.32 Å². The molecular weight excluding hydrogens is 556 g/mol. The Balaban J connectivity index is 1.86. The minimum absolute atomic E-state index is 0.0542. The zero-order valence-electron chi connectivity index (χ0n) is 20.8. The first-order valence-corrected chi connectivity index (χ1v) is 14.0. The molecule has 0 fully saturated rings. The van der Waals surface area contributed by atoms with Crippen LogP contribution in [-0.2, 0) is 22.6 Å². The van der Waals surface area contributed by atoms with Crippen molar-refractivity contribution in [2.45, 2.75) is 56.6 Å². The van der Waals surface area contributed by atoms with E-state index in [4.69, 9.17) is 11.6 Å². The van der Waals surface area contributed by atoms with Gasteiger partial charge in [0, 0.05) is 45.1 Å². The van der Waals surface area contributed by atoms with Gasteiger partial charge in [-0.3, -0.25) is 9.59 Å². The van der Waals surface area contributed by atoms with E-state index in [0.717, 1.165) is 20.5 Å². The van der Waals surface area contributed by atoms with Gasteiger partial charge in [-0.05, 0) is 68.3 Å². The Morgan fingerprint density at radius 2 is 1.64 bits per heavy atom. The van der Waals surface area contributed by atoms with Crippen molar-refractivity contribution in [2.75, 3.05) is 5.75 Å². The zero-order chi connectivity index (χ0) is 26.1. The summed E-state index contributed by atoms with van der Waals surface area (Å²) in [5.74, 6) is 0.399. The van der Waals surface area contributed by atoms with E-state index < -0.39 is 11.6 Å². The normalized spacial score (nSPS) is 12.1. The van der Waals surface area contributed by atoms with Crippen LogP contribution in [0.25, 0.3) is 0 Å². The number of thioether (sulfide) groups is 1. The molecule has 0 aliphatic rings. The third-order valence-electron chi connectivity index (χ3n) is 5.41. The Hall–Kier alpha value is -2.28. The van der Waals surface area contributed by atoms with Crippen LogP contribution in [-0.4, -0.2) is 34.0 Å². The highest BCUT2D eigenvalue weighted by Crippen LogP contribution is 2.23. The van der Waals surface area contributed by atoms with Crippen molar-refractivity contribution in [2.24, 2.45) is 0 Å². The molecule has 3 rings (SSSR count). The van der Waals surface area contributed by atoms with Gasteiger partial charge in [-0.15, -0.1) is 11.8 Å². The lowest BCUT2D eigenvalue weighted by Gasteiger charge is -2.34. The first kappa shape index (κ1) is 28.3. The lowest BCUT2D eigenvalue weighted by Crippen LogP contribution is -2.54. The molecule has 1 atom stereocenters. The molecule has 0 saturated carbocycles. The fourth-order valence-electron chi connectivity index (χ4n) is 3.77. The van der Waals surface area contributed by atoms with Crippen molar-refractivity contribution < 1.29 is 9.59 Å². The van der Waals surface area contributed by atoms with Crippen molar-refractivity contribution in [3.05, 3.63) is 99.5 Å². The summed E-state index contributed by atoms with van der Waals surface area (Å²) in [5, 5.41) is 3.78. The Morgan fingerprint density at radius 1 is 0.972 bits per heavy atom. The van der Waals surface area contributed by atoms with Crippen LogP contribution in [0.15, 0.2) is 88.2 Å². The molecule has 1 N–H and O–H groups in total. The number of halogens is 2. The molecule has 0 radical (unpaired) electrons. The number of hydrogen-bond acceptors (Lipinski definition) is 3. The Bertz CT molecular complexity index is 1150. The first-order chi connectivity index (χ1) is 17.1. The second-order valence-corrected chi connectivity index (χ2v) is 12.2. The summed E-state index contributed by atoms with van der Waals surface area (Å²) in [5.41, 5.74) is 1.56. The van der Waals surface area contributed by atoms with E-state index in [1.807, 2.05) is 99.6 Å². The summed E-state index contributed by atoms with van der Waals surface area (Å²) in [7, 11) is 0. The van der Waals surface area contributed by atoms with Crippen LogP contribution in [0.3, 0.4) is 0 Å². The molecule has 0 aliphatic heterocycles. The molecule has 2 amide bonds. The summed E-state index contributed by atoms with van der Waals surface area (Å²) < 4.78 is 0.935. The van der Waals surface area contributed by atoms with Gasteiger partial charge < -0.3 is 10.2 Å². The van der Waals surface area contributed by atoms with Crippen LogP contribution in [0.5, 0.6) is 0 Å². The largest absolute Gasteiger partial charge is 0.350 e. The molecule has 190 valence electrons. The molecule has 7 heteroatoms. The molecule has 0 unspecified atom stereocenters. The highest BCUT2D eigenvalue weighted by Gasteiger charge is 2.32. The Kier molecular flexibility index (Phi) is 10.5. The van der Waals surface area contributed by atoms with Crippen molar-refractivity contribution in [3.8, 4) is 0 Å². The van der Waals surface area contributed by atoms with Crippen LogP contribution in [0.2, 0.25) is 5.02 Å². The van der Waals surface area contributed by atoms with Gasteiger partial charge in [0.15, 0.2) is 0 Å². The molecule has 0 aromatic heterocycles. The summed E-state index contributed by atoms with van der Waals surface area (Å²) in [6, 6.07) is 24.7. The quantitative estimate of drug-likeness (QED) is 0.257. The maximum Gasteiger partial charge on any atom is 0.243 e. The number of nitrogens with one attached hydrogen (secondary N) is 1. The van der Waals surface area contributed by atoms with Crippen molar-refractivity contribution in [3.63, 3.8) is 0 Å². The number of nitrogens with zero attached hydrogens (tertiary/aromatic N) is 1. The number of rotatable bonds is 10. The van der Waals surface area contributed by atoms with E-state index >= 15 is 0 Å². The van der Waals surface area contributed by atoms with E-state index in [0.29, 0.717) is 30.2 Å². The summed E-state index contributed by atoms with van der Waals surface area (Å²) in [6.07, 6.45) is 0.752. The van der Waals surface area contributed by atoms with Gasteiger partial charge >= 0.3 is 0 Å². The molecule has 0 saturated heterocycles. The number of carbonyl (C=O) groups is 2. The molecule has 36 heavy (non-hydrogen) atoms. The predicted octanol–water partition coefficient (Wildman–Crippen LogP) is 7.14. The van der Waals surface area contributed by atoms with Crippen molar-refractivity contribution in [1.82, 2.24) is 10.2 Å². The van der Waals surface area contributed by atoms with E-state index in [9.17, 15) is 9.59 Å². The molecule has 4 nitrogen and oxygen atoms in total. The molecule has 0 aliphatic carbocycles. The van der Waals surface area contributed by atoms with Gasteiger partial charge in [0.1, 0.15) is 6.04 Å². The van der Waals surface area contributed by atoms with E-state index in [-0.39, 0.29) is 11.8 Å². The minimum Gasteiger partial charge on any atom is -0.350 e. The minimum atomic E-state index is -0.640. The third-order valence-corrected chi connectivity index (χ3v) is 7.17. The highest BCUT2D eigenvalue weighted by atomic mass is 79.9. The SMILES string of the molecule is CC(C)(C)NC(=O)[C@H](Cc1ccccc1)N(Cc1cccc(Br)c1)C(=O)CCSc1ccc(Cl)cc1. The number of carbonyl (C=O) groups excluding carboxylic acids is 2. The monoisotopic (exact) mass is 586 g/mol. The molecule has 3 aromatic carbocycles. The van der Waals surface area contributed by atoms with E-state index in [1.165, 1.54) is 0 Å². The third kappa shape index (κ3) is 9.30. The van der Waals surface area contributed by atoms with Gasteiger partial charge in [-0.25, -0.2) is 0 Å². The highest BCUT2D eigenvalue weighted by molar-refractivity contribution is 9.10. The average Bonchev–Trinajstić information content (AvgIpc) is 2.82. The van der Waals surface area contributed by atoms with E-state index in [1.54, 1.807) is 16.7 Å². The Morgan fingerprint density at radius 3 is 2.28 bits per heavy atom. The molecular formula is C29H32BrClN2O2S. The lowest BCUT2D eigenvalue weighted by molar-refractivity contribution is -0.141. The van der Waals surface area contributed by atoms with Gasteiger partial charge in [-0.1, -0.05) is 70.0 Å². The van der Waals surface area contributed by atoms with Crippen LogP contribution in [0.1, 0.15) is 38.3 Å². The first-order valence-electron chi connectivity index (χ1n) is 11.9. The van der Waals surface area contributed by atoms with Gasteiger partial charge in [0.05, 0.1) is 0 Å². The molecule has 0 spiro atoms. The second-order valence-electron chi connectivity index (χ2n) is 9.65. The topological polar surface area (TPSA) is 49.4 Å². The van der Waals surface area contributed by atoms with Crippen molar-refractivity contribution in [1.29, 1.82) is 0 Å². The number of benzene rings is 3. The van der Waals surface area contributed by atoms with Crippen LogP contribution >= 0.6 is 39.3 Å². The smallest absolute Gasteiger partial charge is 0.243 e. The van der Waals surface area contributed by atoms with E-state index in [2.05, 4.69) is 21.2 Å². The predicted molar refractivity (Wildman–Crippen MR) is 153 cm³/mol. The fourth-order valence-corrected chi connectivity index (χ4v) is 5.18. The number of hydrogen-bond donors (Lipinski definition) is 1. The zero-order valence-corrected chi connectivity index (χ0v) is 24.0. The van der Waals surface area contributed by atoms with Crippen molar-refractivity contribution >= 4 is 51.1 Å². The molecule has 0 heterocycles. The van der Waals surface area contributed by atoms with Crippen LogP contribution in [0, 0.1) is 0 Å². The van der Waals surface area contributed by atoms with Crippen LogP contribution in [0.4, 0.5) is 0 Å². The number of amides is 2. The standard InChI is InChI=1S/C29H32BrClN2O2S/c1-29(2,3)32-28(35)26(19-21-8-5-4-6-9-21)33(20-22-10-7-11-23(30)18-22)27(34)16-17-36-25-14-12-24(31)13-15-25/h4-15,18,26H,16-17,19-20H2,1-3H3,(H,32,35)/t26-/m0/s1. The Labute approximate surface area is 231 Å².